The molecule has 1 aromatic carbocycles. The predicted octanol–water partition coefficient (Wildman–Crippen LogP) is 3.45. The first kappa shape index (κ1) is 13.4. The Balaban J connectivity index is 1.85. The third-order valence-electron chi connectivity index (χ3n) is 4.15. The standard InChI is InChI=1S/C17H22N2O/c1-12-9-10-13-5-3-8-16(17(13)19-12)20-15-7-4-6-14(11-15)18-2/h3,5,8-10,14-15,18H,4,6-7,11H2,1-2H3. The van der Waals surface area contributed by atoms with Gasteiger partial charge in [0, 0.05) is 17.1 Å². The molecule has 0 bridgehead atoms. The van der Waals surface area contributed by atoms with E-state index in [0.717, 1.165) is 35.2 Å². The molecular weight excluding hydrogens is 248 g/mol. The monoisotopic (exact) mass is 270 g/mol. The number of nitrogens with zero attached hydrogens (tertiary/aromatic N) is 1. The Kier molecular flexibility index (Phi) is 3.88. The number of hydrogen-bond acceptors (Lipinski definition) is 3. The van der Waals surface area contributed by atoms with Gasteiger partial charge >= 0.3 is 0 Å². The molecule has 2 aromatic rings. The third kappa shape index (κ3) is 2.78. The normalized spacial score (nSPS) is 22.9. The van der Waals surface area contributed by atoms with E-state index < -0.39 is 0 Å². The Bertz CT molecular complexity index is 597. The second-order valence-corrected chi connectivity index (χ2v) is 5.67. The zero-order chi connectivity index (χ0) is 13.9. The number of pyridine rings is 1. The highest BCUT2D eigenvalue weighted by Crippen LogP contribution is 2.28. The van der Waals surface area contributed by atoms with Crippen LogP contribution in [0.1, 0.15) is 31.4 Å². The average Bonchev–Trinajstić information content (AvgIpc) is 2.48. The van der Waals surface area contributed by atoms with Gasteiger partial charge in [-0.2, -0.15) is 0 Å². The van der Waals surface area contributed by atoms with Gasteiger partial charge in [0.15, 0.2) is 0 Å². The highest BCUT2D eigenvalue weighted by atomic mass is 16.5. The molecule has 1 aliphatic rings. The maximum Gasteiger partial charge on any atom is 0.145 e. The molecule has 1 fully saturated rings. The van der Waals surface area contributed by atoms with Gasteiger partial charge in [-0.05, 0) is 51.8 Å². The van der Waals surface area contributed by atoms with E-state index >= 15 is 0 Å². The molecular formula is C17H22N2O. The molecule has 1 saturated carbocycles. The lowest BCUT2D eigenvalue weighted by Crippen LogP contribution is -2.36. The lowest BCUT2D eigenvalue weighted by atomic mass is 9.93. The van der Waals surface area contributed by atoms with Crippen molar-refractivity contribution in [1.82, 2.24) is 10.3 Å². The number of fused-ring (bicyclic) bond motifs is 1. The largest absolute Gasteiger partial charge is 0.488 e. The van der Waals surface area contributed by atoms with Crippen LogP contribution in [-0.2, 0) is 0 Å². The Morgan fingerprint density at radius 1 is 1.20 bits per heavy atom. The van der Waals surface area contributed by atoms with Crippen molar-refractivity contribution in [2.24, 2.45) is 0 Å². The minimum absolute atomic E-state index is 0.300. The minimum Gasteiger partial charge on any atom is -0.488 e. The Morgan fingerprint density at radius 3 is 2.95 bits per heavy atom. The fraction of sp³-hybridized carbons (Fsp3) is 0.471. The zero-order valence-corrected chi connectivity index (χ0v) is 12.2. The minimum atomic E-state index is 0.300. The van der Waals surface area contributed by atoms with Gasteiger partial charge in [0.25, 0.3) is 0 Å². The molecule has 2 atom stereocenters. The summed E-state index contributed by atoms with van der Waals surface area (Å²) in [7, 11) is 2.04. The Labute approximate surface area is 120 Å². The van der Waals surface area contributed by atoms with Crippen molar-refractivity contribution < 1.29 is 4.74 Å². The summed E-state index contributed by atoms with van der Waals surface area (Å²) in [6, 6.07) is 10.9. The van der Waals surface area contributed by atoms with Crippen LogP contribution >= 0.6 is 0 Å². The van der Waals surface area contributed by atoms with Gasteiger partial charge in [-0.25, -0.2) is 4.98 Å². The summed E-state index contributed by atoms with van der Waals surface area (Å²) in [4.78, 5) is 4.64. The topological polar surface area (TPSA) is 34.1 Å². The van der Waals surface area contributed by atoms with Gasteiger partial charge in [0.05, 0.1) is 0 Å². The van der Waals surface area contributed by atoms with Crippen LogP contribution in [0.3, 0.4) is 0 Å². The number of hydrogen-bond donors (Lipinski definition) is 1. The van der Waals surface area contributed by atoms with Crippen LogP contribution in [0.2, 0.25) is 0 Å². The summed E-state index contributed by atoms with van der Waals surface area (Å²) >= 11 is 0. The lowest BCUT2D eigenvalue weighted by Gasteiger charge is -2.29. The van der Waals surface area contributed by atoms with E-state index in [1.165, 1.54) is 12.8 Å². The van der Waals surface area contributed by atoms with Gasteiger partial charge in [-0.15, -0.1) is 0 Å². The molecule has 20 heavy (non-hydrogen) atoms. The van der Waals surface area contributed by atoms with Gasteiger partial charge in [0.1, 0.15) is 17.4 Å². The molecule has 0 spiro atoms. The molecule has 0 radical (unpaired) electrons. The number of aryl methyl sites for hydroxylation is 1. The van der Waals surface area contributed by atoms with E-state index in [9.17, 15) is 0 Å². The molecule has 3 nitrogen and oxygen atoms in total. The second-order valence-electron chi connectivity index (χ2n) is 5.67. The SMILES string of the molecule is CNC1CCCC(Oc2cccc3ccc(C)nc23)C1. The van der Waals surface area contributed by atoms with Crippen molar-refractivity contribution in [1.29, 1.82) is 0 Å². The molecule has 0 saturated heterocycles. The van der Waals surface area contributed by atoms with E-state index in [0.29, 0.717) is 12.1 Å². The van der Waals surface area contributed by atoms with Crippen molar-refractivity contribution >= 4 is 10.9 Å². The number of ether oxygens (including phenoxy) is 1. The summed E-state index contributed by atoms with van der Waals surface area (Å²) < 4.78 is 6.25. The average molecular weight is 270 g/mol. The first-order chi connectivity index (χ1) is 9.76. The molecule has 3 heteroatoms. The summed E-state index contributed by atoms with van der Waals surface area (Å²) in [6.45, 7) is 2.02. The van der Waals surface area contributed by atoms with Gasteiger partial charge in [-0.3, -0.25) is 0 Å². The molecule has 1 N–H and O–H groups in total. The molecule has 106 valence electrons. The van der Waals surface area contributed by atoms with Crippen molar-refractivity contribution in [3.05, 3.63) is 36.0 Å². The molecule has 0 aliphatic heterocycles. The smallest absolute Gasteiger partial charge is 0.145 e. The van der Waals surface area contributed by atoms with Crippen LogP contribution in [0.25, 0.3) is 10.9 Å². The fourth-order valence-corrected chi connectivity index (χ4v) is 3.01. The van der Waals surface area contributed by atoms with Crippen molar-refractivity contribution in [3.63, 3.8) is 0 Å². The Hall–Kier alpha value is -1.61. The summed E-state index contributed by atoms with van der Waals surface area (Å²) in [5.74, 6) is 0.924. The first-order valence-corrected chi connectivity index (χ1v) is 7.46. The molecule has 1 aromatic heterocycles. The second kappa shape index (κ2) is 5.80. The molecule has 1 aliphatic carbocycles. The zero-order valence-electron chi connectivity index (χ0n) is 12.2. The van der Waals surface area contributed by atoms with E-state index in [1.54, 1.807) is 0 Å². The summed E-state index contributed by atoms with van der Waals surface area (Å²) in [5, 5.41) is 4.52. The van der Waals surface area contributed by atoms with Crippen molar-refractivity contribution in [2.75, 3.05) is 7.05 Å². The van der Waals surface area contributed by atoms with Crippen molar-refractivity contribution in [2.45, 2.75) is 44.8 Å². The lowest BCUT2D eigenvalue weighted by molar-refractivity contribution is 0.138. The predicted molar refractivity (Wildman–Crippen MR) is 82.2 cm³/mol. The van der Waals surface area contributed by atoms with Crippen LogP contribution in [0, 0.1) is 6.92 Å². The summed E-state index contributed by atoms with van der Waals surface area (Å²) in [5.41, 5.74) is 2.02. The maximum atomic E-state index is 6.25. The number of para-hydroxylation sites is 1. The number of benzene rings is 1. The van der Waals surface area contributed by atoms with Crippen LogP contribution in [0.15, 0.2) is 30.3 Å². The van der Waals surface area contributed by atoms with E-state index in [4.69, 9.17) is 4.74 Å². The van der Waals surface area contributed by atoms with Crippen molar-refractivity contribution in [3.8, 4) is 5.75 Å². The number of rotatable bonds is 3. The first-order valence-electron chi connectivity index (χ1n) is 7.46. The van der Waals surface area contributed by atoms with E-state index in [-0.39, 0.29) is 0 Å². The van der Waals surface area contributed by atoms with Crippen LogP contribution < -0.4 is 10.1 Å². The van der Waals surface area contributed by atoms with E-state index in [2.05, 4.69) is 22.4 Å². The maximum absolute atomic E-state index is 6.25. The number of aromatic nitrogens is 1. The van der Waals surface area contributed by atoms with Crippen LogP contribution in [-0.4, -0.2) is 24.2 Å². The molecule has 0 amide bonds. The molecule has 2 unspecified atom stereocenters. The fourth-order valence-electron chi connectivity index (χ4n) is 3.01. The van der Waals surface area contributed by atoms with E-state index in [1.807, 2.05) is 32.2 Å². The van der Waals surface area contributed by atoms with Crippen LogP contribution in [0.5, 0.6) is 5.75 Å². The number of nitrogens with one attached hydrogen (secondary N) is 1. The van der Waals surface area contributed by atoms with Gasteiger partial charge < -0.3 is 10.1 Å². The highest BCUT2D eigenvalue weighted by molar-refractivity contribution is 5.84. The quantitative estimate of drug-likeness (QED) is 0.927. The summed E-state index contributed by atoms with van der Waals surface area (Å²) in [6.07, 6.45) is 5.00. The third-order valence-corrected chi connectivity index (χ3v) is 4.15. The molecule has 1 heterocycles. The highest BCUT2D eigenvalue weighted by Gasteiger charge is 2.22. The molecule has 3 rings (SSSR count). The Morgan fingerprint density at radius 2 is 2.10 bits per heavy atom. The van der Waals surface area contributed by atoms with Gasteiger partial charge in [-0.1, -0.05) is 18.2 Å². The van der Waals surface area contributed by atoms with Gasteiger partial charge in [0.2, 0.25) is 0 Å². The van der Waals surface area contributed by atoms with Crippen LogP contribution in [0.4, 0.5) is 0 Å².